The fraction of sp³-hybridized carbons (Fsp3) is 0.250. The van der Waals surface area contributed by atoms with Crippen molar-refractivity contribution < 1.29 is 4.79 Å². The third kappa shape index (κ3) is 2.50. The third-order valence-electron chi connectivity index (χ3n) is 3.59. The molecule has 1 heterocycles. The van der Waals surface area contributed by atoms with Crippen LogP contribution in [0.15, 0.2) is 30.3 Å². The molecule has 4 heteroatoms. The van der Waals surface area contributed by atoms with Gasteiger partial charge < -0.3 is 11.1 Å². The number of pyridine rings is 1. The van der Waals surface area contributed by atoms with E-state index in [4.69, 9.17) is 5.73 Å². The van der Waals surface area contributed by atoms with E-state index < -0.39 is 0 Å². The molecule has 1 aromatic carbocycles. The number of amides is 1. The number of hydrogen-bond donors (Lipinski definition) is 2. The highest BCUT2D eigenvalue weighted by molar-refractivity contribution is 6.04. The highest BCUT2D eigenvalue weighted by atomic mass is 16.1. The molecular weight excluding hydrogens is 250 g/mol. The normalized spacial score (nSPS) is 13.1. The zero-order chi connectivity index (χ0) is 14.1. The molecule has 1 aromatic heterocycles. The Balaban J connectivity index is 1.82. The van der Waals surface area contributed by atoms with Crippen LogP contribution in [0.2, 0.25) is 0 Å². The van der Waals surface area contributed by atoms with Crippen molar-refractivity contribution in [2.24, 2.45) is 0 Å². The highest BCUT2D eigenvalue weighted by Gasteiger charge is 2.13. The summed E-state index contributed by atoms with van der Waals surface area (Å²) < 4.78 is 0. The first kappa shape index (κ1) is 12.7. The van der Waals surface area contributed by atoms with Gasteiger partial charge in [-0.3, -0.25) is 4.79 Å². The minimum atomic E-state index is -0.153. The lowest BCUT2D eigenvalue weighted by Gasteiger charge is -2.08. The van der Waals surface area contributed by atoms with Crippen LogP contribution in [-0.2, 0) is 12.8 Å². The molecule has 20 heavy (non-hydrogen) atoms. The Kier molecular flexibility index (Phi) is 3.14. The molecule has 1 aliphatic rings. The second kappa shape index (κ2) is 4.96. The molecule has 0 atom stereocenters. The van der Waals surface area contributed by atoms with Crippen LogP contribution in [0.3, 0.4) is 0 Å². The third-order valence-corrected chi connectivity index (χ3v) is 3.59. The molecular formula is C16H17N3O. The van der Waals surface area contributed by atoms with Crippen LogP contribution in [-0.4, -0.2) is 10.9 Å². The molecule has 0 radical (unpaired) electrons. The van der Waals surface area contributed by atoms with Crippen LogP contribution >= 0.6 is 0 Å². The largest absolute Gasteiger partial charge is 0.384 e. The van der Waals surface area contributed by atoms with Crippen molar-refractivity contribution in [1.29, 1.82) is 0 Å². The van der Waals surface area contributed by atoms with Gasteiger partial charge in [-0.2, -0.15) is 0 Å². The fourth-order valence-corrected chi connectivity index (χ4v) is 2.68. The van der Waals surface area contributed by atoms with Crippen LogP contribution in [0, 0.1) is 6.92 Å². The number of anilines is 2. The molecule has 0 saturated heterocycles. The van der Waals surface area contributed by atoms with Crippen molar-refractivity contribution in [3.05, 3.63) is 52.7 Å². The number of carbonyl (C=O) groups excluding carboxylic acids is 1. The summed E-state index contributed by atoms with van der Waals surface area (Å²) in [6.45, 7) is 1.82. The van der Waals surface area contributed by atoms with E-state index in [2.05, 4.69) is 22.4 Å². The number of nitrogens with zero attached hydrogens (tertiary/aromatic N) is 1. The number of carbonyl (C=O) groups is 1. The molecule has 0 saturated carbocycles. The van der Waals surface area contributed by atoms with Crippen LogP contribution < -0.4 is 11.1 Å². The average molecular weight is 267 g/mol. The van der Waals surface area contributed by atoms with Crippen LogP contribution in [0.4, 0.5) is 11.5 Å². The van der Waals surface area contributed by atoms with Gasteiger partial charge in [-0.25, -0.2) is 4.98 Å². The summed E-state index contributed by atoms with van der Waals surface area (Å²) >= 11 is 0. The number of rotatable bonds is 2. The van der Waals surface area contributed by atoms with E-state index in [9.17, 15) is 4.79 Å². The number of aromatic nitrogens is 1. The van der Waals surface area contributed by atoms with Gasteiger partial charge in [0.25, 0.3) is 5.91 Å². The van der Waals surface area contributed by atoms with Crippen molar-refractivity contribution >= 4 is 17.4 Å². The number of aryl methyl sites for hydroxylation is 3. The van der Waals surface area contributed by atoms with Crippen molar-refractivity contribution in [3.8, 4) is 0 Å². The Hall–Kier alpha value is -2.36. The van der Waals surface area contributed by atoms with Gasteiger partial charge in [0.15, 0.2) is 0 Å². The number of nitrogen functional groups attached to an aromatic ring is 1. The predicted octanol–water partition coefficient (Wildman–Crippen LogP) is 2.71. The van der Waals surface area contributed by atoms with E-state index in [-0.39, 0.29) is 5.91 Å². The molecule has 3 rings (SSSR count). The lowest BCUT2D eigenvalue weighted by atomic mass is 10.1. The van der Waals surface area contributed by atoms with Gasteiger partial charge in [0.1, 0.15) is 5.82 Å². The molecule has 0 bridgehead atoms. The second-order valence-electron chi connectivity index (χ2n) is 5.21. The monoisotopic (exact) mass is 267 g/mol. The van der Waals surface area contributed by atoms with Crippen LogP contribution in [0.1, 0.15) is 33.6 Å². The first-order chi connectivity index (χ1) is 9.61. The van der Waals surface area contributed by atoms with Crippen molar-refractivity contribution in [3.63, 3.8) is 0 Å². The molecule has 2 aromatic rings. The molecule has 0 fully saturated rings. The van der Waals surface area contributed by atoms with E-state index in [0.717, 1.165) is 24.2 Å². The second-order valence-corrected chi connectivity index (χ2v) is 5.21. The SMILES string of the molecule is Cc1cc(C(=O)Nc2ccc3c(c2)CCC3)cc(N)n1. The minimum Gasteiger partial charge on any atom is -0.384 e. The fourth-order valence-electron chi connectivity index (χ4n) is 2.68. The summed E-state index contributed by atoms with van der Waals surface area (Å²) in [4.78, 5) is 16.3. The van der Waals surface area contributed by atoms with Gasteiger partial charge in [0.05, 0.1) is 0 Å². The average Bonchev–Trinajstić information content (AvgIpc) is 2.85. The highest BCUT2D eigenvalue weighted by Crippen LogP contribution is 2.25. The maximum atomic E-state index is 12.2. The number of hydrogen-bond acceptors (Lipinski definition) is 3. The number of benzene rings is 1. The van der Waals surface area contributed by atoms with Crippen molar-refractivity contribution in [2.45, 2.75) is 26.2 Å². The zero-order valence-electron chi connectivity index (χ0n) is 11.4. The van der Waals surface area contributed by atoms with Crippen LogP contribution in [0.25, 0.3) is 0 Å². The Morgan fingerprint density at radius 2 is 2.00 bits per heavy atom. The summed E-state index contributed by atoms with van der Waals surface area (Å²) in [5.41, 5.74) is 10.5. The van der Waals surface area contributed by atoms with E-state index in [1.807, 2.05) is 13.0 Å². The van der Waals surface area contributed by atoms with Crippen LogP contribution in [0.5, 0.6) is 0 Å². The molecule has 1 aliphatic carbocycles. The lowest BCUT2D eigenvalue weighted by molar-refractivity contribution is 0.102. The van der Waals surface area contributed by atoms with Crippen molar-refractivity contribution in [1.82, 2.24) is 4.98 Å². The Morgan fingerprint density at radius 1 is 1.20 bits per heavy atom. The van der Waals surface area contributed by atoms with Crippen molar-refractivity contribution in [2.75, 3.05) is 11.1 Å². The molecule has 3 N–H and O–H groups in total. The summed E-state index contributed by atoms with van der Waals surface area (Å²) in [7, 11) is 0. The Labute approximate surface area is 118 Å². The zero-order valence-corrected chi connectivity index (χ0v) is 11.4. The topological polar surface area (TPSA) is 68.0 Å². The lowest BCUT2D eigenvalue weighted by Crippen LogP contribution is -2.13. The number of nitrogens with one attached hydrogen (secondary N) is 1. The van der Waals surface area contributed by atoms with E-state index in [1.54, 1.807) is 12.1 Å². The van der Waals surface area contributed by atoms with E-state index >= 15 is 0 Å². The smallest absolute Gasteiger partial charge is 0.255 e. The van der Waals surface area contributed by atoms with Gasteiger partial charge in [-0.1, -0.05) is 6.07 Å². The van der Waals surface area contributed by atoms with Gasteiger partial charge in [0, 0.05) is 16.9 Å². The molecule has 102 valence electrons. The Bertz CT molecular complexity index is 659. The molecule has 4 nitrogen and oxygen atoms in total. The quantitative estimate of drug-likeness (QED) is 0.879. The Morgan fingerprint density at radius 3 is 2.80 bits per heavy atom. The first-order valence-electron chi connectivity index (χ1n) is 6.79. The van der Waals surface area contributed by atoms with E-state index in [1.165, 1.54) is 17.5 Å². The van der Waals surface area contributed by atoms with E-state index in [0.29, 0.717) is 11.4 Å². The number of nitrogens with two attached hydrogens (primary N) is 1. The summed E-state index contributed by atoms with van der Waals surface area (Å²) in [5, 5.41) is 2.92. The maximum absolute atomic E-state index is 12.2. The molecule has 0 spiro atoms. The molecule has 1 amide bonds. The standard InChI is InChI=1S/C16H17N3O/c1-10-7-13(9-15(17)18-10)16(20)19-14-6-5-11-3-2-4-12(11)8-14/h5-9H,2-4H2,1H3,(H2,17,18)(H,19,20). The van der Waals surface area contributed by atoms with Gasteiger partial charge in [-0.05, 0) is 61.6 Å². The van der Waals surface area contributed by atoms with Gasteiger partial charge in [-0.15, -0.1) is 0 Å². The molecule has 0 unspecified atom stereocenters. The summed E-state index contributed by atoms with van der Waals surface area (Å²) in [6.07, 6.45) is 3.44. The summed E-state index contributed by atoms with van der Waals surface area (Å²) in [6, 6.07) is 9.45. The number of fused-ring (bicyclic) bond motifs is 1. The van der Waals surface area contributed by atoms with Gasteiger partial charge >= 0.3 is 0 Å². The minimum absolute atomic E-state index is 0.153. The van der Waals surface area contributed by atoms with Gasteiger partial charge in [0.2, 0.25) is 0 Å². The maximum Gasteiger partial charge on any atom is 0.255 e. The predicted molar refractivity (Wildman–Crippen MR) is 79.8 cm³/mol. The first-order valence-corrected chi connectivity index (χ1v) is 6.79. The summed E-state index contributed by atoms with van der Waals surface area (Å²) in [5.74, 6) is 0.212. The molecule has 0 aliphatic heterocycles.